The molecule has 2 nitrogen and oxygen atoms in total. The third kappa shape index (κ3) is 3.04. The number of benzene rings is 2. The van der Waals surface area contributed by atoms with Gasteiger partial charge in [0.2, 0.25) is 0 Å². The van der Waals surface area contributed by atoms with Gasteiger partial charge < -0.3 is 5.32 Å². The predicted octanol–water partition coefficient (Wildman–Crippen LogP) is 4.63. The first-order chi connectivity index (χ1) is 8.99. The lowest BCUT2D eigenvalue weighted by Gasteiger charge is -2.11. The SMILES string of the molecule is Cc1ccc(C(=O)Nc2cccc(C)c2C)cc1Br. The summed E-state index contributed by atoms with van der Waals surface area (Å²) >= 11 is 3.45. The fourth-order valence-electron chi connectivity index (χ4n) is 1.82. The van der Waals surface area contributed by atoms with Crippen molar-refractivity contribution in [2.75, 3.05) is 5.32 Å². The van der Waals surface area contributed by atoms with Crippen molar-refractivity contribution in [2.45, 2.75) is 20.8 Å². The van der Waals surface area contributed by atoms with Crippen molar-refractivity contribution in [3.8, 4) is 0 Å². The molecule has 0 saturated carbocycles. The summed E-state index contributed by atoms with van der Waals surface area (Å²) in [6.07, 6.45) is 0. The van der Waals surface area contributed by atoms with Crippen LogP contribution in [0.5, 0.6) is 0 Å². The number of rotatable bonds is 2. The van der Waals surface area contributed by atoms with Gasteiger partial charge in [-0.1, -0.05) is 34.1 Å². The highest BCUT2D eigenvalue weighted by Crippen LogP contribution is 2.21. The molecule has 0 bridgehead atoms. The second-order valence-electron chi connectivity index (χ2n) is 4.67. The van der Waals surface area contributed by atoms with Gasteiger partial charge in [0.1, 0.15) is 0 Å². The summed E-state index contributed by atoms with van der Waals surface area (Å²) in [5, 5.41) is 2.95. The Morgan fingerprint density at radius 2 is 1.79 bits per heavy atom. The summed E-state index contributed by atoms with van der Waals surface area (Å²) in [5.41, 5.74) is 4.90. The Hall–Kier alpha value is -1.61. The van der Waals surface area contributed by atoms with Gasteiger partial charge in [-0.3, -0.25) is 4.79 Å². The third-order valence-corrected chi connectivity index (χ3v) is 4.14. The fraction of sp³-hybridized carbons (Fsp3) is 0.188. The van der Waals surface area contributed by atoms with E-state index in [2.05, 4.69) is 21.2 Å². The van der Waals surface area contributed by atoms with E-state index in [1.807, 2.05) is 57.2 Å². The molecule has 2 aromatic rings. The van der Waals surface area contributed by atoms with Crippen molar-refractivity contribution >= 4 is 27.5 Å². The van der Waals surface area contributed by atoms with E-state index in [4.69, 9.17) is 0 Å². The molecule has 0 aliphatic rings. The van der Waals surface area contributed by atoms with Gasteiger partial charge in [-0.05, 0) is 55.7 Å². The molecule has 0 aromatic heterocycles. The number of anilines is 1. The lowest BCUT2D eigenvalue weighted by Crippen LogP contribution is -2.13. The molecule has 0 spiro atoms. The van der Waals surface area contributed by atoms with Gasteiger partial charge in [-0.25, -0.2) is 0 Å². The van der Waals surface area contributed by atoms with E-state index in [0.717, 1.165) is 21.3 Å². The summed E-state index contributed by atoms with van der Waals surface area (Å²) in [4.78, 5) is 12.2. The largest absolute Gasteiger partial charge is 0.322 e. The van der Waals surface area contributed by atoms with Gasteiger partial charge >= 0.3 is 0 Å². The highest BCUT2D eigenvalue weighted by Gasteiger charge is 2.09. The van der Waals surface area contributed by atoms with Crippen LogP contribution in [0.4, 0.5) is 5.69 Å². The van der Waals surface area contributed by atoms with Crippen LogP contribution in [-0.4, -0.2) is 5.91 Å². The average molecular weight is 318 g/mol. The van der Waals surface area contributed by atoms with Crippen LogP contribution in [0, 0.1) is 20.8 Å². The topological polar surface area (TPSA) is 29.1 Å². The number of carbonyl (C=O) groups excluding carboxylic acids is 1. The first-order valence-corrected chi connectivity index (χ1v) is 6.92. The molecular formula is C16H16BrNO. The Kier molecular flexibility index (Phi) is 4.05. The number of halogens is 1. The van der Waals surface area contributed by atoms with Crippen molar-refractivity contribution < 1.29 is 4.79 Å². The van der Waals surface area contributed by atoms with Gasteiger partial charge in [0, 0.05) is 15.7 Å². The number of carbonyl (C=O) groups is 1. The minimum Gasteiger partial charge on any atom is -0.322 e. The van der Waals surface area contributed by atoms with Gasteiger partial charge in [0.05, 0.1) is 0 Å². The number of amides is 1. The maximum Gasteiger partial charge on any atom is 0.255 e. The zero-order valence-corrected chi connectivity index (χ0v) is 12.8. The van der Waals surface area contributed by atoms with Crippen molar-refractivity contribution in [3.63, 3.8) is 0 Å². The highest BCUT2D eigenvalue weighted by atomic mass is 79.9. The first-order valence-electron chi connectivity index (χ1n) is 6.13. The molecule has 0 fully saturated rings. The Bertz CT molecular complexity index is 635. The maximum atomic E-state index is 12.2. The summed E-state index contributed by atoms with van der Waals surface area (Å²) < 4.78 is 0.945. The quantitative estimate of drug-likeness (QED) is 0.859. The van der Waals surface area contributed by atoms with Gasteiger partial charge in [-0.15, -0.1) is 0 Å². The van der Waals surface area contributed by atoms with Crippen LogP contribution in [0.2, 0.25) is 0 Å². The van der Waals surface area contributed by atoms with Crippen molar-refractivity contribution in [1.82, 2.24) is 0 Å². The van der Waals surface area contributed by atoms with Crippen LogP contribution in [0.1, 0.15) is 27.0 Å². The third-order valence-electron chi connectivity index (χ3n) is 3.29. The van der Waals surface area contributed by atoms with Crippen LogP contribution in [-0.2, 0) is 0 Å². The van der Waals surface area contributed by atoms with Crippen molar-refractivity contribution in [1.29, 1.82) is 0 Å². The number of hydrogen-bond donors (Lipinski definition) is 1. The van der Waals surface area contributed by atoms with Crippen LogP contribution in [0.3, 0.4) is 0 Å². The zero-order chi connectivity index (χ0) is 14.0. The smallest absolute Gasteiger partial charge is 0.255 e. The van der Waals surface area contributed by atoms with Gasteiger partial charge in [0.15, 0.2) is 0 Å². The predicted molar refractivity (Wildman–Crippen MR) is 82.7 cm³/mol. The molecule has 0 radical (unpaired) electrons. The van der Waals surface area contributed by atoms with E-state index in [0.29, 0.717) is 5.56 Å². The molecule has 0 saturated heterocycles. The molecule has 0 atom stereocenters. The van der Waals surface area contributed by atoms with Crippen molar-refractivity contribution in [3.05, 3.63) is 63.1 Å². The number of nitrogens with one attached hydrogen (secondary N) is 1. The summed E-state index contributed by atoms with van der Waals surface area (Å²) in [7, 11) is 0. The Labute approximate surface area is 122 Å². The van der Waals surface area contributed by atoms with E-state index >= 15 is 0 Å². The molecule has 1 N–H and O–H groups in total. The Balaban J connectivity index is 2.26. The lowest BCUT2D eigenvalue weighted by atomic mass is 10.1. The molecule has 98 valence electrons. The van der Waals surface area contributed by atoms with E-state index < -0.39 is 0 Å². The van der Waals surface area contributed by atoms with Crippen LogP contribution in [0.15, 0.2) is 40.9 Å². The Morgan fingerprint density at radius 1 is 1.05 bits per heavy atom. The number of hydrogen-bond acceptors (Lipinski definition) is 1. The maximum absolute atomic E-state index is 12.2. The van der Waals surface area contributed by atoms with Gasteiger partial charge in [-0.2, -0.15) is 0 Å². The molecule has 1 amide bonds. The minimum absolute atomic E-state index is 0.0885. The summed E-state index contributed by atoms with van der Waals surface area (Å²) in [6.45, 7) is 6.04. The summed E-state index contributed by atoms with van der Waals surface area (Å²) in [5.74, 6) is -0.0885. The molecular weight excluding hydrogens is 302 g/mol. The highest BCUT2D eigenvalue weighted by molar-refractivity contribution is 9.10. The Morgan fingerprint density at radius 3 is 2.47 bits per heavy atom. The lowest BCUT2D eigenvalue weighted by molar-refractivity contribution is 0.102. The van der Waals surface area contributed by atoms with E-state index in [1.54, 1.807) is 0 Å². The van der Waals surface area contributed by atoms with Crippen molar-refractivity contribution in [2.24, 2.45) is 0 Å². The zero-order valence-electron chi connectivity index (χ0n) is 11.3. The van der Waals surface area contributed by atoms with Crippen LogP contribution < -0.4 is 5.32 Å². The molecule has 0 heterocycles. The van der Waals surface area contributed by atoms with E-state index in [-0.39, 0.29) is 5.91 Å². The summed E-state index contributed by atoms with van der Waals surface area (Å²) in [6, 6.07) is 11.5. The first kappa shape index (κ1) is 13.8. The molecule has 2 rings (SSSR count). The molecule has 0 aliphatic heterocycles. The second-order valence-corrected chi connectivity index (χ2v) is 5.52. The monoisotopic (exact) mass is 317 g/mol. The molecule has 0 aliphatic carbocycles. The van der Waals surface area contributed by atoms with Crippen LogP contribution >= 0.6 is 15.9 Å². The van der Waals surface area contributed by atoms with E-state index in [9.17, 15) is 4.79 Å². The average Bonchev–Trinajstić information content (AvgIpc) is 2.38. The molecule has 19 heavy (non-hydrogen) atoms. The van der Waals surface area contributed by atoms with Crippen LogP contribution in [0.25, 0.3) is 0 Å². The fourth-order valence-corrected chi connectivity index (χ4v) is 2.19. The van der Waals surface area contributed by atoms with Gasteiger partial charge in [0.25, 0.3) is 5.91 Å². The number of aryl methyl sites for hydroxylation is 2. The normalized spacial score (nSPS) is 10.3. The minimum atomic E-state index is -0.0885. The molecule has 2 aromatic carbocycles. The standard InChI is InChI=1S/C16H16BrNO/c1-10-5-4-6-15(12(10)3)18-16(19)13-8-7-11(2)14(17)9-13/h4-9H,1-3H3,(H,18,19). The second kappa shape index (κ2) is 5.57. The molecule has 3 heteroatoms. The van der Waals surface area contributed by atoms with E-state index in [1.165, 1.54) is 5.56 Å². The molecule has 0 unspecified atom stereocenters.